The van der Waals surface area contributed by atoms with Gasteiger partial charge in [0.2, 0.25) is 0 Å². The Morgan fingerprint density at radius 3 is 2.50 bits per heavy atom. The van der Waals surface area contributed by atoms with Crippen LogP contribution in [0.2, 0.25) is 0 Å². The second-order valence-corrected chi connectivity index (χ2v) is 9.90. The molecule has 9 nitrogen and oxygen atoms in total. The number of carbonyl (C=O) groups is 1. The summed E-state index contributed by atoms with van der Waals surface area (Å²) in [5.74, 6) is 0.00796. The van der Waals surface area contributed by atoms with Gasteiger partial charge in [-0.3, -0.25) is 10.1 Å². The molecule has 10 heteroatoms. The van der Waals surface area contributed by atoms with Crippen LogP contribution in [0.5, 0.6) is 5.75 Å². The number of hydrogen-bond donors (Lipinski definition) is 3. The van der Waals surface area contributed by atoms with Crippen molar-refractivity contribution in [3.63, 3.8) is 0 Å². The molecule has 3 N–H and O–H groups in total. The Morgan fingerprint density at radius 2 is 1.82 bits per heavy atom. The van der Waals surface area contributed by atoms with E-state index in [1.165, 1.54) is 13.4 Å². The van der Waals surface area contributed by atoms with Crippen molar-refractivity contribution in [1.29, 1.82) is 0 Å². The van der Waals surface area contributed by atoms with Gasteiger partial charge in [-0.2, -0.15) is 4.40 Å². The summed E-state index contributed by atoms with van der Waals surface area (Å²) >= 11 is 0. The predicted octanol–water partition coefficient (Wildman–Crippen LogP) is 1.36. The summed E-state index contributed by atoms with van der Waals surface area (Å²) in [5.41, 5.74) is 1.33. The lowest BCUT2D eigenvalue weighted by Gasteiger charge is -2.42. The van der Waals surface area contributed by atoms with Gasteiger partial charge in [-0.15, -0.1) is 0 Å². The Labute approximate surface area is 200 Å². The van der Waals surface area contributed by atoms with Gasteiger partial charge in [0.25, 0.3) is 15.9 Å². The minimum atomic E-state index is -3.66. The molecule has 1 saturated heterocycles. The maximum atomic E-state index is 12.9. The molecular formula is C24H32N4O5S. The van der Waals surface area contributed by atoms with E-state index in [0.29, 0.717) is 30.9 Å². The van der Waals surface area contributed by atoms with Crippen LogP contribution in [-0.4, -0.2) is 76.4 Å². The van der Waals surface area contributed by atoms with Gasteiger partial charge in [0.15, 0.2) is 0 Å². The van der Waals surface area contributed by atoms with Crippen LogP contribution in [0.1, 0.15) is 28.8 Å². The topological polar surface area (TPSA) is 120 Å². The van der Waals surface area contributed by atoms with E-state index in [0.717, 1.165) is 18.4 Å². The van der Waals surface area contributed by atoms with Gasteiger partial charge in [0, 0.05) is 31.6 Å². The Kier molecular flexibility index (Phi) is 9.03. The molecule has 1 heterocycles. The Morgan fingerprint density at radius 1 is 1.15 bits per heavy atom. The number of benzene rings is 2. The third-order valence-electron chi connectivity index (χ3n) is 6.02. The van der Waals surface area contributed by atoms with Gasteiger partial charge in [0.05, 0.1) is 19.3 Å². The van der Waals surface area contributed by atoms with Crippen molar-refractivity contribution in [2.24, 2.45) is 4.40 Å². The van der Waals surface area contributed by atoms with Gasteiger partial charge in [-0.1, -0.05) is 42.5 Å². The predicted molar refractivity (Wildman–Crippen MR) is 132 cm³/mol. The van der Waals surface area contributed by atoms with Crippen molar-refractivity contribution in [2.45, 2.75) is 18.3 Å². The van der Waals surface area contributed by atoms with Crippen molar-refractivity contribution in [3.05, 3.63) is 65.7 Å². The average Bonchev–Trinajstić information content (AvgIpc) is 2.87. The molecule has 0 aliphatic carbocycles. The van der Waals surface area contributed by atoms with Gasteiger partial charge in [-0.05, 0) is 30.5 Å². The Bertz CT molecular complexity index is 1070. The van der Waals surface area contributed by atoms with Crippen LogP contribution in [-0.2, 0) is 15.4 Å². The van der Waals surface area contributed by atoms with E-state index < -0.39 is 10.0 Å². The van der Waals surface area contributed by atoms with Crippen molar-refractivity contribution < 1.29 is 23.1 Å². The van der Waals surface area contributed by atoms with Crippen LogP contribution in [0.4, 0.5) is 0 Å². The summed E-state index contributed by atoms with van der Waals surface area (Å²) in [7, 11) is -2.12. The molecule has 0 saturated carbocycles. The first kappa shape index (κ1) is 25.7. The molecule has 1 aliphatic rings. The van der Waals surface area contributed by atoms with Crippen molar-refractivity contribution in [1.82, 2.24) is 15.5 Å². The zero-order chi connectivity index (χ0) is 24.4. The van der Waals surface area contributed by atoms with Crippen LogP contribution in [0.3, 0.4) is 0 Å². The third kappa shape index (κ3) is 6.78. The molecule has 0 radical (unpaired) electrons. The number of nitrogens with zero attached hydrogens (tertiary/aromatic N) is 2. The zero-order valence-electron chi connectivity index (χ0n) is 19.3. The molecule has 0 bridgehead atoms. The number of nitrogens with one attached hydrogen (secondary N) is 2. The number of hydrogen-bond acceptors (Lipinski definition) is 6. The normalized spacial score (nSPS) is 15.9. The largest absolute Gasteiger partial charge is 0.496 e. The van der Waals surface area contributed by atoms with E-state index in [1.54, 1.807) is 18.2 Å². The Balaban J connectivity index is 1.69. The first-order chi connectivity index (χ1) is 16.4. The summed E-state index contributed by atoms with van der Waals surface area (Å²) in [5, 5.41) is 14.5. The van der Waals surface area contributed by atoms with Crippen LogP contribution >= 0.6 is 0 Å². The van der Waals surface area contributed by atoms with Crippen LogP contribution in [0, 0.1) is 0 Å². The first-order valence-corrected chi connectivity index (χ1v) is 12.8. The SMILES string of the molecule is COc1ccccc1C(=O)NCC1(c2ccccc2)CCN(C=NS(=O)(=O)CNCCO)CC1. The molecule has 34 heavy (non-hydrogen) atoms. The number of ether oxygens (including phenoxy) is 1. The second-order valence-electron chi connectivity index (χ2n) is 8.24. The van der Waals surface area contributed by atoms with Crippen LogP contribution in [0.15, 0.2) is 59.0 Å². The second kappa shape index (κ2) is 12.0. The molecular weight excluding hydrogens is 456 g/mol. The highest BCUT2D eigenvalue weighted by atomic mass is 32.2. The molecule has 184 valence electrons. The standard InChI is InChI=1S/C24H32N4O5S/c1-33-22-10-6-5-9-21(22)23(30)26-17-24(20-7-3-2-4-8-20)11-14-28(15-12-24)18-27-34(31,32)19-25-13-16-29/h2-10,18,25,29H,11-17,19H2,1H3,(H,26,30). The number of aliphatic hydroxyl groups excluding tert-OH is 1. The van der Waals surface area contributed by atoms with Gasteiger partial charge in [0.1, 0.15) is 18.0 Å². The number of para-hydroxylation sites is 1. The molecule has 1 aliphatic heterocycles. The van der Waals surface area contributed by atoms with Gasteiger partial charge >= 0.3 is 0 Å². The molecule has 2 aromatic rings. The van der Waals surface area contributed by atoms with E-state index in [4.69, 9.17) is 9.84 Å². The number of methoxy groups -OCH3 is 1. The number of rotatable bonds is 11. The number of aliphatic hydroxyl groups is 1. The number of sulfonamides is 1. The minimum absolute atomic E-state index is 0.138. The number of amides is 1. The van der Waals surface area contributed by atoms with E-state index in [9.17, 15) is 13.2 Å². The van der Waals surface area contributed by atoms with Crippen LogP contribution in [0.25, 0.3) is 0 Å². The van der Waals surface area contributed by atoms with E-state index >= 15 is 0 Å². The minimum Gasteiger partial charge on any atom is -0.496 e. The molecule has 0 aromatic heterocycles. The summed E-state index contributed by atoms with van der Waals surface area (Å²) < 4.78 is 33.1. The lowest BCUT2D eigenvalue weighted by Crippen LogP contribution is -2.48. The number of carbonyl (C=O) groups excluding carboxylic acids is 1. The summed E-state index contributed by atoms with van der Waals surface area (Å²) in [4.78, 5) is 14.8. The fourth-order valence-corrected chi connectivity index (χ4v) is 4.81. The van der Waals surface area contributed by atoms with E-state index in [-0.39, 0.29) is 30.4 Å². The van der Waals surface area contributed by atoms with E-state index in [1.807, 2.05) is 29.2 Å². The molecule has 0 unspecified atom stereocenters. The highest BCUT2D eigenvalue weighted by Crippen LogP contribution is 2.35. The smallest absolute Gasteiger partial charge is 0.267 e. The quantitative estimate of drug-likeness (QED) is 0.248. The number of piperidine rings is 1. The number of likely N-dealkylation sites (tertiary alicyclic amines) is 1. The lowest BCUT2D eigenvalue weighted by molar-refractivity contribution is 0.0929. The molecule has 1 amide bonds. The third-order valence-corrected chi connectivity index (χ3v) is 7.01. The van der Waals surface area contributed by atoms with Crippen LogP contribution < -0.4 is 15.4 Å². The summed E-state index contributed by atoms with van der Waals surface area (Å²) in [6.07, 6.45) is 2.81. The lowest BCUT2D eigenvalue weighted by atomic mass is 9.72. The molecule has 3 rings (SSSR count). The van der Waals surface area contributed by atoms with Crippen molar-refractivity contribution in [3.8, 4) is 5.75 Å². The highest BCUT2D eigenvalue weighted by molar-refractivity contribution is 7.90. The van der Waals surface area contributed by atoms with Crippen molar-refractivity contribution in [2.75, 3.05) is 45.8 Å². The molecule has 1 fully saturated rings. The highest BCUT2D eigenvalue weighted by Gasteiger charge is 2.36. The summed E-state index contributed by atoms with van der Waals surface area (Å²) in [6.45, 7) is 1.70. The first-order valence-electron chi connectivity index (χ1n) is 11.2. The van der Waals surface area contributed by atoms with E-state index in [2.05, 4.69) is 27.2 Å². The van der Waals surface area contributed by atoms with Gasteiger partial charge < -0.3 is 20.1 Å². The molecule has 0 spiro atoms. The maximum Gasteiger partial charge on any atom is 0.267 e. The van der Waals surface area contributed by atoms with Gasteiger partial charge in [-0.25, -0.2) is 8.42 Å². The molecule has 2 aromatic carbocycles. The zero-order valence-corrected chi connectivity index (χ0v) is 20.1. The average molecular weight is 489 g/mol. The monoisotopic (exact) mass is 488 g/mol. The Hall–Kier alpha value is -2.95. The maximum absolute atomic E-state index is 12.9. The fourth-order valence-electron chi connectivity index (χ4n) is 4.06. The fraction of sp³-hybridized carbons (Fsp3) is 0.417. The van der Waals surface area contributed by atoms with Crippen molar-refractivity contribution >= 4 is 22.3 Å². The molecule has 0 atom stereocenters. The summed E-state index contributed by atoms with van der Waals surface area (Å²) in [6, 6.07) is 17.2.